The molecule has 5 heteroatoms. The molecular formula is C13H16ClNO3. The molecule has 98 valence electrons. The second-order valence-corrected chi connectivity index (χ2v) is 4.22. The molecule has 1 amide bonds. The highest BCUT2D eigenvalue weighted by molar-refractivity contribution is 6.27. The van der Waals surface area contributed by atoms with E-state index in [4.69, 9.17) is 11.6 Å². The van der Waals surface area contributed by atoms with Gasteiger partial charge in [-0.3, -0.25) is 9.59 Å². The Labute approximate surface area is 111 Å². The van der Waals surface area contributed by atoms with Gasteiger partial charge < -0.3 is 10.1 Å². The molecule has 1 aromatic rings. The van der Waals surface area contributed by atoms with Crippen LogP contribution in [-0.2, 0) is 14.3 Å². The largest absolute Gasteiger partial charge is 0.469 e. The number of halogens is 1. The van der Waals surface area contributed by atoms with Crippen molar-refractivity contribution in [1.82, 2.24) is 5.32 Å². The molecule has 1 N–H and O–H groups in total. The third-order valence-electron chi connectivity index (χ3n) is 2.50. The van der Waals surface area contributed by atoms with Crippen molar-refractivity contribution in [3.05, 3.63) is 35.4 Å². The minimum atomic E-state index is -0.413. The molecular weight excluding hydrogens is 254 g/mol. The number of hydrogen-bond acceptors (Lipinski definition) is 3. The number of nitrogens with one attached hydrogen (secondary N) is 1. The van der Waals surface area contributed by atoms with Gasteiger partial charge in [-0.05, 0) is 12.5 Å². The van der Waals surface area contributed by atoms with E-state index < -0.39 is 6.04 Å². The molecule has 0 aliphatic heterocycles. The minimum Gasteiger partial charge on any atom is -0.469 e. The molecule has 1 atom stereocenters. The average molecular weight is 270 g/mol. The molecule has 0 aromatic heterocycles. The van der Waals surface area contributed by atoms with E-state index in [2.05, 4.69) is 10.1 Å². The van der Waals surface area contributed by atoms with Crippen LogP contribution in [0.1, 0.15) is 23.6 Å². The Hall–Kier alpha value is -1.55. The monoisotopic (exact) mass is 269 g/mol. The fourth-order valence-corrected chi connectivity index (χ4v) is 1.70. The van der Waals surface area contributed by atoms with E-state index in [9.17, 15) is 9.59 Å². The number of methoxy groups -OCH3 is 1. The molecule has 0 saturated heterocycles. The van der Waals surface area contributed by atoms with Crippen LogP contribution in [0.5, 0.6) is 0 Å². The highest BCUT2D eigenvalue weighted by Gasteiger charge is 2.18. The zero-order chi connectivity index (χ0) is 13.5. The average Bonchev–Trinajstić information content (AvgIpc) is 2.37. The number of benzene rings is 1. The van der Waals surface area contributed by atoms with Gasteiger partial charge in [0.05, 0.1) is 19.6 Å². The molecule has 0 spiro atoms. The number of hydrogen-bond donors (Lipinski definition) is 1. The summed E-state index contributed by atoms with van der Waals surface area (Å²) in [6.45, 7) is 1.95. The Morgan fingerprint density at radius 2 is 2.17 bits per heavy atom. The molecule has 18 heavy (non-hydrogen) atoms. The van der Waals surface area contributed by atoms with E-state index >= 15 is 0 Å². The molecule has 0 aliphatic rings. The van der Waals surface area contributed by atoms with Gasteiger partial charge in [0.15, 0.2) is 0 Å². The van der Waals surface area contributed by atoms with Crippen molar-refractivity contribution in [3.63, 3.8) is 0 Å². The Bertz CT molecular complexity index is 416. The topological polar surface area (TPSA) is 55.4 Å². The van der Waals surface area contributed by atoms with Gasteiger partial charge in [0.2, 0.25) is 5.91 Å². The van der Waals surface area contributed by atoms with E-state index in [-0.39, 0.29) is 24.2 Å². The maximum Gasteiger partial charge on any atom is 0.307 e. The van der Waals surface area contributed by atoms with Crippen LogP contribution in [0.15, 0.2) is 24.3 Å². The molecule has 0 aliphatic carbocycles. The summed E-state index contributed by atoms with van der Waals surface area (Å²) in [7, 11) is 1.32. The maximum atomic E-state index is 11.4. The number of ether oxygens (including phenoxy) is 1. The quantitative estimate of drug-likeness (QED) is 0.657. The summed E-state index contributed by atoms with van der Waals surface area (Å²) >= 11 is 5.46. The molecule has 0 bridgehead atoms. The van der Waals surface area contributed by atoms with E-state index in [1.165, 1.54) is 7.11 Å². The lowest BCUT2D eigenvalue weighted by molar-refractivity contribution is -0.141. The van der Waals surface area contributed by atoms with Crippen LogP contribution < -0.4 is 5.32 Å². The van der Waals surface area contributed by atoms with Gasteiger partial charge in [0.1, 0.15) is 5.88 Å². The molecule has 0 radical (unpaired) electrons. The number of amides is 1. The van der Waals surface area contributed by atoms with Crippen LogP contribution >= 0.6 is 11.6 Å². The van der Waals surface area contributed by atoms with E-state index in [1.807, 2.05) is 31.2 Å². The number of aryl methyl sites for hydroxylation is 1. The highest BCUT2D eigenvalue weighted by Crippen LogP contribution is 2.18. The van der Waals surface area contributed by atoms with Gasteiger partial charge in [-0.1, -0.05) is 29.8 Å². The molecule has 1 rings (SSSR count). The van der Waals surface area contributed by atoms with Crippen LogP contribution in [0, 0.1) is 6.92 Å². The van der Waals surface area contributed by atoms with Crippen LogP contribution in [0.4, 0.5) is 0 Å². The van der Waals surface area contributed by atoms with Crippen molar-refractivity contribution in [1.29, 1.82) is 0 Å². The first kappa shape index (κ1) is 14.5. The number of carbonyl (C=O) groups is 2. The zero-order valence-electron chi connectivity index (χ0n) is 10.4. The van der Waals surface area contributed by atoms with E-state index in [1.54, 1.807) is 0 Å². The lowest BCUT2D eigenvalue weighted by atomic mass is 10.0. The summed E-state index contributed by atoms with van der Waals surface area (Å²) in [5.74, 6) is -0.827. The summed E-state index contributed by atoms with van der Waals surface area (Å²) < 4.78 is 4.62. The summed E-state index contributed by atoms with van der Waals surface area (Å²) in [6.07, 6.45) is 0.0859. The Balaban J connectivity index is 2.88. The summed E-state index contributed by atoms with van der Waals surface area (Å²) in [5.41, 5.74) is 1.92. The molecule has 0 fully saturated rings. The smallest absolute Gasteiger partial charge is 0.307 e. The van der Waals surface area contributed by atoms with Crippen molar-refractivity contribution >= 4 is 23.5 Å². The standard InChI is InChI=1S/C13H16ClNO3/c1-9-4-3-5-10(6-9)11(7-13(17)18-2)15-12(16)8-14/h3-6,11H,7-8H2,1-2H3,(H,15,16). The predicted octanol–water partition coefficient (Wildman–Crippen LogP) is 1.95. The molecule has 0 heterocycles. The third kappa shape index (κ3) is 4.37. The molecule has 0 saturated carbocycles. The van der Waals surface area contributed by atoms with Crippen molar-refractivity contribution in [2.45, 2.75) is 19.4 Å². The fraction of sp³-hybridized carbons (Fsp3) is 0.385. The SMILES string of the molecule is COC(=O)CC(NC(=O)CCl)c1cccc(C)c1. The van der Waals surface area contributed by atoms with Gasteiger partial charge in [0.25, 0.3) is 0 Å². The number of rotatable bonds is 5. The van der Waals surface area contributed by atoms with E-state index in [0.717, 1.165) is 11.1 Å². The van der Waals surface area contributed by atoms with Crippen LogP contribution in [0.25, 0.3) is 0 Å². The van der Waals surface area contributed by atoms with Crippen LogP contribution in [0.2, 0.25) is 0 Å². The van der Waals surface area contributed by atoms with Crippen molar-refractivity contribution in [2.24, 2.45) is 0 Å². The normalized spacial score (nSPS) is 11.7. The first-order valence-electron chi connectivity index (χ1n) is 5.55. The van der Waals surface area contributed by atoms with E-state index in [0.29, 0.717) is 0 Å². The Morgan fingerprint density at radius 1 is 1.44 bits per heavy atom. The van der Waals surface area contributed by atoms with Gasteiger partial charge in [-0.2, -0.15) is 0 Å². The summed E-state index contributed by atoms with van der Waals surface area (Å²) in [5, 5.41) is 2.70. The Morgan fingerprint density at radius 3 is 2.72 bits per heavy atom. The second-order valence-electron chi connectivity index (χ2n) is 3.95. The van der Waals surface area contributed by atoms with Crippen molar-refractivity contribution < 1.29 is 14.3 Å². The summed E-state index contributed by atoms with van der Waals surface area (Å²) in [6, 6.07) is 7.18. The number of esters is 1. The van der Waals surface area contributed by atoms with Crippen molar-refractivity contribution in [3.8, 4) is 0 Å². The minimum absolute atomic E-state index is 0.0859. The Kier molecular flexibility index (Phi) is 5.65. The predicted molar refractivity (Wildman–Crippen MR) is 69.4 cm³/mol. The molecule has 1 aromatic carbocycles. The van der Waals surface area contributed by atoms with Gasteiger partial charge >= 0.3 is 5.97 Å². The zero-order valence-corrected chi connectivity index (χ0v) is 11.2. The molecule has 4 nitrogen and oxygen atoms in total. The highest BCUT2D eigenvalue weighted by atomic mass is 35.5. The lowest BCUT2D eigenvalue weighted by Crippen LogP contribution is -2.31. The first-order chi connectivity index (χ1) is 8.56. The van der Waals surface area contributed by atoms with Gasteiger partial charge in [-0.25, -0.2) is 0 Å². The van der Waals surface area contributed by atoms with Gasteiger partial charge in [0, 0.05) is 0 Å². The lowest BCUT2D eigenvalue weighted by Gasteiger charge is -2.18. The number of alkyl halides is 1. The first-order valence-corrected chi connectivity index (χ1v) is 6.09. The summed E-state index contributed by atoms with van der Waals surface area (Å²) in [4.78, 5) is 22.7. The second kappa shape index (κ2) is 7.01. The van der Waals surface area contributed by atoms with Crippen LogP contribution in [0.3, 0.4) is 0 Å². The van der Waals surface area contributed by atoms with Crippen LogP contribution in [-0.4, -0.2) is 24.9 Å². The number of carbonyl (C=O) groups excluding carboxylic acids is 2. The maximum absolute atomic E-state index is 11.4. The van der Waals surface area contributed by atoms with Crippen molar-refractivity contribution in [2.75, 3.05) is 13.0 Å². The molecule has 1 unspecified atom stereocenters. The third-order valence-corrected chi connectivity index (χ3v) is 2.74. The fourth-order valence-electron chi connectivity index (χ4n) is 1.62. The van der Waals surface area contributed by atoms with Gasteiger partial charge in [-0.15, -0.1) is 11.6 Å².